The van der Waals surface area contributed by atoms with E-state index in [9.17, 15) is 9.59 Å². The second kappa shape index (κ2) is 7.18. The summed E-state index contributed by atoms with van der Waals surface area (Å²) < 4.78 is 1.92. The Bertz CT molecular complexity index is 609. The van der Waals surface area contributed by atoms with Crippen LogP contribution in [0.1, 0.15) is 51.4 Å². The molecule has 0 unspecified atom stereocenters. The molecule has 3 heterocycles. The second-order valence-corrected chi connectivity index (χ2v) is 7.79. The fraction of sp³-hybridized carbons (Fsp3) is 0.737. The summed E-state index contributed by atoms with van der Waals surface area (Å²) in [6, 6.07) is 2.51. The minimum absolute atomic E-state index is 0.147. The Hall–Kier alpha value is -1.85. The predicted octanol–water partition coefficient (Wildman–Crippen LogP) is 2.06. The fourth-order valence-electron chi connectivity index (χ4n) is 4.81. The van der Waals surface area contributed by atoms with Gasteiger partial charge in [-0.05, 0) is 38.2 Å². The molecular weight excluding hydrogens is 316 g/mol. The number of aromatic nitrogens is 2. The van der Waals surface area contributed by atoms with E-state index in [4.69, 9.17) is 0 Å². The van der Waals surface area contributed by atoms with Crippen molar-refractivity contribution in [1.29, 1.82) is 0 Å². The van der Waals surface area contributed by atoms with Gasteiger partial charge in [-0.1, -0.05) is 12.8 Å². The number of likely N-dealkylation sites (tertiary alicyclic amines) is 2. The molecule has 0 N–H and O–H groups in total. The number of rotatable bonds is 4. The van der Waals surface area contributed by atoms with E-state index in [2.05, 4.69) is 5.10 Å². The number of piperidine rings is 1. The molecule has 6 heteroatoms. The summed E-state index contributed by atoms with van der Waals surface area (Å²) in [6.07, 6.45) is 12.0. The zero-order valence-corrected chi connectivity index (χ0v) is 14.8. The highest BCUT2D eigenvalue weighted by atomic mass is 16.2. The van der Waals surface area contributed by atoms with Gasteiger partial charge < -0.3 is 9.80 Å². The minimum Gasteiger partial charge on any atom is -0.339 e. The molecular formula is C19H28N4O2. The maximum absolute atomic E-state index is 13.2. The van der Waals surface area contributed by atoms with Gasteiger partial charge in [-0.15, -0.1) is 0 Å². The lowest BCUT2D eigenvalue weighted by molar-refractivity contribution is -0.139. The largest absolute Gasteiger partial charge is 0.339 e. The lowest BCUT2D eigenvalue weighted by atomic mass is 9.98. The average molecular weight is 344 g/mol. The van der Waals surface area contributed by atoms with Gasteiger partial charge in [0, 0.05) is 37.9 Å². The first-order valence-electron chi connectivity index (χ1n) is 9.80. The Labute approximate surface area is 149 Å². The molecule has 2 aliphatic heterocycles. The molecule has 3 aliphatic rings. The number of hydrogen-bond acceptors (Lipinski definition) is 3. The third-order valence-corrected chi connectivity index (χ3v) is 6.14. The molecule has 2 saturated heterocycles. The van der Waals surface area contributed by atoms with E-state index in [1.54, 1.807) is 6.20 Å². The van der Waals surface area contributed by atoms with Crippen LogP contribution in [-0.4, -0.2) is 56.6 Å². The van der Waals surface area contributed by atoms with Crippen molar-refractivity contribution in [2.75, 3.05) is 13.1 Å². The zero-order valence-electron chi connectivity index (χ0n) is 14.8. The summed E-state index contributed by atoms with van der Waals surface area (Å²) in [6.45, 7) is 2.21. The van der Waals surface area contributed by atoms with Gasteiger partial charge in [0.25, 0.3) is 0 Å². The molecule has 4 rings (SSSR count). The van der Waals surface area contributed by atoms with E-state index in [-0.39, 0.29) is 23.8 Å². The Kier molecular flexibility index (Phi) is 4.77. The molecule has 0 aromatic carbocycles. The van der Waals surface area contributed by atoms with E-state index in [1.165, 1.54) is 12.8 Å². The molecule has 1 aliphatic carbocycles. The van der Waals surface area contributed by atoms with E-state index in [1.807, 2.05) is 26.7 Å². The lowest BCUT2D eigenvalue weighted by Crippen LogP contribution is -2.49. The summed E-state index contributed by atoms with van der Waals surface area (Å²) in [5.41, 5.74) is 0. The van der Waals surface area contributed by atoms with Gasteiger partial charge in [0.1, 0.15) is 0 Å². The van der Waals surface area contributed by atoms with Crippen LogP contribution >= 0.6 is 0 Å². The van der Waals surface area contributed by atoms with Crippen molar-refractivity contribution in [1.82, 2.24) is 19.6 Å². The molecule has 0 spiro atoms. The molecule has 25 heavy (non-hydrogen) atoms. The molecule has 136 valence electrons. The first-order valence-corrected chi connectivity index (χ1v) is 9.80. The van der Waals surface area contributed by atoms with E-state index in [0.717, 1.165) is 45.2 Å². The molecule has 1 aromatic rings. The normalized spacial score (nSPS) is 28.1. The van der Waals surface area contributed by atoms with Crippen LogP contribution in [0.3, 0.4) is 0 Å². The van der Waals surface area contributed by atoms with E-state index >= 15 is 0 Å². The first-order chi connectivity index (χ1) is 12.2. The number of hydrogen-bond donors (Lipinski definition) is 0. The van der Waals surface area contributed by atoms with Crippen LogP contribution in [0.4, 0.5) is 0 Å². The highest BCUT2D eigenvalue weighted by Gasteiger charge is 2.41. The van der Waals surface area contributed by atoms with Crippen molar-refractivity contribution in [3.05, 3.63) is 18.5 Å². The van der Waals surface area contributed by atoms with Crippen molar-refractivity contribution in [2.24, 2.45) is 5.92 Å². The third kappa shape index (κ3) is 3.44. The van der Waals surface area contributed by atoms with E-state index in [0.29, 0.717) is 19.0 Å². The van der Waals surface area contributed by atoms with Crippen molar-refractivity contribution in [2.45, 2.75) is 70.0 Å². The predicted molar refractivity (Wildman–Crippen MR) is 93.7 cm³/mol. The van der Waals surface area contributed by atoms with Gasteiger partial charge >= 0.3 is 0 Å². The lowest BCUT2D eigenvalue weighted by Gasteiger charge is -2.37. The van der Waals surface area contributed by atoms with Crippen LogP contribution in [0.2, 0.25) is 0 Å². The summed E-state index contributed by atoms with van der Waals surface area (Å²) in [7, 11) is 0. The first kappa shape index (κ1) is 16.6. The van der Waals surface area contributed by atoms with Crippen LogP contribution < -0.4 is 0 Å². The average Bonchev–Trinajstić information content (AvgIpc) is 3.36. The second-order valence-electron chi connectivity index (χ2n) is 7.79. The standard InChI is InChI=1S/C19H28N4O2/c24-18-12-15(13-23(18)16-6-1-2-7-16)19(25)22-11-4-3-8-17(22)14-21-10-5-9-20-21/h5,9-10,15-17H,1-4,6-8,11-14H2/t15-,17+/m0/s1. The number of nitrogens with zero attached hydrogens (tertiary/aromatic N) is 4. The molecule has 0 radical (unpaired) electrons. The van der Waals surface area contributed by atoms with Gasteiger partial charge in [0.05, 0.1) is 18.5 Å². The van der Waals surface area contributed by atoms with Crippen LogP contribution in [0.25, 0.3) is 0 Å². The molecule has 2 amide bonds. The maximum atomic E-state index is 13.2. The number of amides is 2. The van der Waals surface area contributed by atoms with E-state index < -0.39 is 0 Å². The highest BCUT2D eigenvalue weighted by molar-refractivity contribution is 5.89. The van der Waals surface area contributed by atoms with Gasteiger partial charge in [-0.25, -0.2) is 0 Å². The quantitative estimate of drug-likeness (QED) is 0.840. The van der Waals surface area contributed by atoms with Crippen molar-refractivity contribution in [3.63, 3.8) is 0 Å². The molecule has 0 bridgehead atoms. The van der Waals surface area contributed by atoms with Gasteiger partial charge in [0.15, 0.2) is 0 Å². The Morgan fingerprint density at radius 3 is 2.72 bits per heavy atom. The SMILES string of the molecule is O=C1C[C@H](C(=O)N2CCCC[C@@H]2Cn2cccn2)CN1C1CCCC1. The van der Waals surface area contributed by atoms with Crippen molar-refractivity contribution in [3.8, 4) is 0 Å². The monoisotopic (exact) mass is 344 g/mol. The molecule has 2 atom stereocenters. The summed E-state index contributed by atoms with van der Waals surface area (Å²) in [4.78, 5) is 29.6. The Balaban J connectivity index is 1.42. The minimum atomic E-state index is -0.147. The third-order valence-electron chi connectivity index (χ3n) is 6.14. The number of carbonyl (C=O) groups is 2. The molecule has 1 saturated carbocycles. The Morgan fingerprint density at radius 1 is 1.16 bits per heavy atom. The molecule has 3 fully saturated rings. The topological polar surface area (TPSA) is 58.4 Å². The number of carbonyl (C=O) groups excluding carboxylic acids is 2. The van der Waals surface area contributed by atoms with Crippen LogP contribution in [0, 0.1) is 5.92 Å². The van der Waals surface area contributed by atoms with Gasteiger partial charge in [-0.3, -0.25) is 14.3 Å². The molecule has 6 nitrogen and oxygen atoms in total. The van der Waals surface area contributed by atoms with Crippen LogP contribution in [-0.2, 0) is 16.1 Å². The fourth-order valence-corrected chi connectivity index (χ4v) is 4.81. The van der Waals surface area contributed by atoms with Crippen LogP contribution in [0.15, 0.2) is 18.5 Å². The smallest absolute Gasteiger partial charge is 0.228 e. The van der Waals surface area contributed by atoms with Crippen molar-refractivity contribution >= 4 is 11.8 Å². The van der Waals surface area contributed by atoms with Gasteiger partial charge in [0.2, 0.25) is 11.8 Å². The Morgan fingerprint density at radius 2 is 1.96 bits per heavy atom. The maximum Gasteiger partial charge on any atom is 0.228 e. The summed E-state index contributed by atoms with van der Waals surface area (Å²) >= 11 is 0. The summed E-state index contributed by atoms with van der Waals surface area (Å²) in [5.74, 6) is 0.225. The van der Waals surface area contributed by atoms with Crippen LogP contribution in [0.5, 0.6) is 0 Å². The highest BCUT2D eigenvalue weighted by Crippen LogP contribution is 2.31. The zero-order chi connectivity index (χ0) is 17.2. The van der Waals surface area contributed by atoms with Crippen molar-refractivity contribution < 1.29 is 9.59 Å². The summed E-state index contributed by atoms with van der Waals surface area (Å²) in [5, 5.41) is 4.29. The van der Waals surface area contributed by atoms with Gasteiger partial charge in [-0.2, -0.15) is 5.10 Å². The molecule has 1 aromatic heterocycles.